The number of hydrogen-bond acceptors (Lipinski definition) is 7. The predicted molar refractivity (Wildman–Crippen MR) is 139 cm³/mol. The Morgan fingerprint density at radius 3 is 2.28 bits per heavy atom. The number of amides is 1. The van der Waals surface area contributed by atoms with Crippen molar-refractivity contribution in [3.63, 3.8) is 0 Å². The molecule has 0 saturated heterocycles. The van der Waals surface area contributed by atoms with E-state index in [9.17, 15) is 9.59 Å². The van der Waals surface area contributed by atoms with Gasteiger partial charge in [0.15, 0.2) is 6.10 Å². The normalized spacial score (nSPS) is 11.6. The van der Waals surface area contributed by atoms with Crippen LogP contribution in [0.2, 0.25) is 0 Å². The van der Waals surface area contributed by atoms with E-state index in [2.05, 4.69) is 10.5 Å². The van der Waals surface area contributed by atoms with Crippen molar-refractivity contribution < 1.29 is 23.8 Å². The Kier molecular flexibility index (Phi) is 8.45. The highest BCUT2D eigenvalue weighted by atomic mass is 32.1. The molecule has 1 amide bonds. The number of benzene rings is 3. The first-order valence-corrected chi connectivity index (χ1v) is 12.1. The van der Waals surface area contributed by atoms with Crippen LogP contribution in [0, 0.1) is 0 Å². The molecular weight excluding hydrogens is 476 g/mol. The zero-order valence-electron chi connectivity index (χ0n) is 19.5. The van der Waals surface area contributed by atoms with Crippen LogP contribution >= 0.6 is 11.3 Å². The number of nitrogens with zero attached hydrogens (tertiary/aromatic N) is 1. The third-order valence-corrected chi connectivity index (χ3v) is 5.81. The number of nitrogens with one attached hydrogen (secondary N) is 1. The molecule has 8 heteroatoms. The van der Waals surface area contributed by atoms with Gasteiger partial charge in [0.2, 0.25) is 0 Å². The van der Waals surface area contributed by atoms with Crippen LogP contribution < -0.4 is 19.6 Å². The summed E-state index contributed by atoms with van der Waals surface area (Å²) in [4.78, 5) is 24.9. The van der Waals surface area contributed by atoms with Gasteiger partial charge in [0.1, 0.15) is 28.7 Å². The van der Waals surface area contributed by atoms with Gasteiger partial charge in [0.05, 0.1) is 6.21 Å². The van der Waals surface area contributed by atoms with Crippen molar-refractivity contribution in [1.82, 2.24) is 5.43 Å². The van der Waals surface area contributed by atoms with Gasteiger partial charge < -0.3 is 14.2 Å². The smallest absolute Gasteiger partial charge is 0.353 e. The first kappa shape index (κ1) is 24.7. The van der Waals surface area contributed by atoms with E-state index in [0.29, 0.717) is 28.7 Å². The number of rotatable bonds is 10. The van der Waals surface area contributed by atoms with Gasteiger partial charge in [-0.05, 0) is 78.0 Å². The quantitative estimate of drug-likeness (QED) is 0.135. The van der Waals surface area contributed by atoms with Crippen molar-refractivity contribution in [2.24, 2.45) is 5.10 Å². The summed E-state index contributed by atoms with van der Waals surface area (Å²) in [6.07, 6.45) is 0.742. The van der Waals surface area contributed by atoms with Crippen molar-refractivity contribution in [2.75, 3.05) is 0 Å². The Balaban J connectivity index is 1.21. The summed E-state index contributed by atoms with van der Waals surface area (Å²) in [7, 11) is 0. The largest absolute Gasteiger partial charge is 0.489 e. The molecule has 4 rings (SSSR count). The van der Waals surface area contributed by atoms with Gasteiger partial charge in [-0.15, -0.1) is 11.3 Å². The van der Waals surface area contributed by atoms with Crippen LogP contribution in [0.5, 0.6) is 17.2 Å². The summed E-state index contributed by atoms with van der Waals surface area (Å²) in [5.74, 6) is 0.883. The first-order valence-electron chi connectivity index (χ1n) is 11.2. The molecule has 0 fully saturated rings. The molecule has 0 aliphatic heterocycles. The average Bonchev–Trinajstić information content (AvgIpc) is 3.45. The average molecular weight is 501 g/mol. The standard InChI is InChI=1S/C28H24N2O5S/c1-20(34-24-15-13-23(14-16-24)33-19-22-6-3-2-4-7-22)27(31)30-29-18-21-9-11-25(12-10-21)35-28(32)26-8-5-17-36-26/h2-18,20H,19H2,1H3,(H,30,31)/b29-18-/t20-/m1/s1. The van der Waals surface area contributed by atoms with E-state index in [1.54, 1.807) is 67.6 Å². The molecule has 0 aliphatic rings. The van der Waals surface area contributed by atoms with Crippen molar-refractivity contribution >= 4 is 29.4 Å². The summed E-state index contributed by atoms with van der Waals surface area (Å²) < 4.78 is 16.8. The second kappa shape index (κ2) is 12.3. The van der Waals surface area contributed by atoms with Gasteiger partial charge in [0.25, 0.3) is 5.91 Å². The van der Waals surface area contributed by atoms with Crippen LogP contribution in [0.15, 0.2) is 101 Å². The van der Waals surface area contributed by atoms with Crippen LogP contribution in [-0.2, 0) is 11.4 Å². The molecule has 0 unspecified atom stereocenters. The van der Waals surface area contributed by atoms with Gasteiger partial charge in [0, 0.05) is 0 Å². The maximum Gasteiger partial charge on any atom is 0.353 e. The number of carbonyl (C=O) groups excluding carboxylic acids is 2. The van der Waals surface area contributed by atoms with Crippen molar-refractivity contribution in [3.05, 3.63) is 112 Å². The van der Waals surface area contributed by atoms with Gasteiger partial charge in [-0.2, -0.15) is 5.10 Å². The van der Waals surface area contributed by atoms with E-state index in [1.165, 1.54) is 17.6 Å². The fraction of sp³-hybridized carbons (Fsp3) is 0.107. The minimum Gasteiger partial charge on any atom is -0.489 e. The lowest BCUT2D eigenvalue weighted by Crippen LogP contribution is -2.33. The number of carbonyl (C=O) groups is 2. The summed E-state index contributed by atoms with van der Waals surface area (Å²) >= 11 is 1.32. The molecule has 3 aromatic carbocycles. The first-order chi connectivity index (χ1) is 17.6. The molecule has 4 aromatic rings. The Bertz CT molecular complexity index is 1290. The Morgan fingerprint density at radius 1 is 0.889 bits per heavy atom. The lowest BCUT2D eigenvalue weighted by Gasteiger charge is -2.13. The van der Waals surface area contributed by atoms with E-state index in [1.807, 2.05) is 35.7 Å². The second-order valence-corrected chi connectivity index (χ2v) is 8.62. The zero-order valence-corrected chi connectivity index (χ0v) is 20.3. The number of hydrazone groups is 1. The zero-order chi connectivity index (χ0) is 25.2. The van der Waals surface area contributed by atoms with Crippen LogP contribution in [0.25, 0.3) is 0 Å². The molecule has 1 atom stereocenters. The predicted octanol–water partition coefficient (Wildman–Crippen LogP) is 5.46. The third-order valence-electron chi connectivity index (χ3n) is 4.96. The summed E-state index contributed by atoms with van der Waals surface area (Å²) in [5.41, 5.74) is 4.27. The summed E-state index contributed by atoms with van der Waals surface area (Å²) in [6.45, 7) is 2.11. The maximum absolute atomic E-state index is 12.3. The van der Waals surface area contributed by atoms with Gasteiger partial charge in [-0.3, -0.25) is 4.79 Å². The highest BCUT2D eigenvalue weighted by Crippen LogP contribution is 2.20. The van der Waals surface area contributed by atoms with Gasteiger partial charge >= 0.3 is 5.97 Å². The molecule has 7 nitrogen and oxygen atoms in total. The molecule has 0 radical (unpaired) electrons. The van der Waals surface area contributed by atoms with E-state index < -0.39 is 18.0 Å². The molecule has 182 valence electrons. The third kappa shape index (κ3) is 7.28. The van der Waals surface area contributed by atoms with Crippen molar-refractivity contribution in [1.29, 1.82) is 0 Å². The van der Waals surface area contributed by atoms with Crippen LogP contribution in [0.4, 0.5) is 0 Å². The monoisotopic (exact) mass is 500 g/mol. The molecular formula is C28H24N2O5S. The summed E-state index contributed by atoms with van der Waals surface area (Å²) in [6, 6.07) is 27.3. The molecule has 0 bridgehead atoms. The van der Waals surface area contributed by atoms with E-state index >= 15 is 0 Å². The van der Waals surface area contributed by atoms with Crippen molar-refractivity contribution in [2.45, 2.75) is 19.6 Å². The number of ether oxygens (including phenoxy) is 3. The Hall–Kier alpha value is -4.43. The number of hydrogen-bond donors (Lipinski definition) is 1. The summed E-state index contributed by atoms with van der Waals surface area (Å²) in [5, 5.41) is 5.79. The van der Waals surface area contributed by atoms with Crippen LogP contribution in [0.3, 0.4) is 0 Å². The van der Waals surface area contributed by atoms with Gasteiger partial charge in [-0.1, -0.05) is 36.4 Å². The molecule has 1 N–H and O–H groups in total. The second-order valence-electron chi connectivity index (χ2n) is 7.68. The number of thiophene rings is 1. The van der Waals surface area contributed by atoms with Gasteiger partial charge in [-0.25, -0.2) is 10.2 Å². The fourth-order valence-electron chi connectivity index (χ4n) is 3.05. The van der Waals surface area contributed by atoms with Crippen LogP contribution in [0.1, 0.15) is 27.7 Å². The number of esters is 1. The Labute approximate surface area is 213 Å². The highest BCUT2D eigenvalue weighted by Gasteiger charge is 2.14. The SMILES string of the molecule is C[C@@H](Oc1ccc(OCc2ccccc2)cc1)C(=O)N/N=C\c1ccc(OC(=O)c2cccs2)cc1. The van der Waals surface area contributed by atoms with E-state index in [-0.39, 0.29) is 0 Å². The molecule has 0 spiro atoms. The molecule has 36 heavy (non-hydrogen) atoms. The molecule has 0 saturated carbocycles. The molecule has 0 aliphatic carbocycles. The lowest BCUT2D eigenvalue weighted by atomic mass is 10.2. The maximum atomic E-state index is 12.3. The fourth-order valence-corrected chi connectivity index (χ4v) is 3.65. The topological polar surface area (TPSA) is 86.2 Å². The van der Waals surface area contributed by atoms with Crippen LogP contribution in [-0.4, -0.2) is 24.2 Å². The minimum absolute atomic E-state index is 0.392. The van der Waals surface area contributed by atoms with E-state index in [0.717, 1.165) is 11.1 Å². The highest BCUT2D eigenvalue weighted by molar-refractivity contribution is 7.12. The minimum atomic E-state index is -0.753. The Morgan fingerprint density at radius 2 is 1.58 bits per heavy atom. The van der Waals surface area contributed by atoms with E-state index in [4.69, 9.17) is 14.2 Å². The molecule has 1 heterocycles. The van der Waals surface area contributed by atoms with Crippen molar-refractivity contribution in [3.8, 4) is 17.2 Å². The molecule has 1 aromatic heterocycles. The lowest BCUT2D eigenvalue weighted by molar-refractivity contribution is -0.127.